The van der Waals surface area contributed by atoms with Crippen molar-refractivity contribution in [2.75, 3.05) is 6.54 Å². The molecule has 2 nitrogen and oxygen atoms in total. The zero-order valence-electron chi connectivity index (χ0n) is 11.6. The number of hydrogen-bond acceptors (Lipinski definition) is 1. The molecule has 2 aromatic rings. The Kier molecular flexibility index (Phi) is 3.68. The molecule has 1 N–H and O–H groups in total. The van der Waals surface area contributed by atoms with E-state index in [9.17, 15) is 9.18 Å². The first-order valence-electron chi connectivity index (χ1n) is 6.87. The minimum Gasteiger partial charge on any atom is -0.352 e. The number of amides is 1. The van der Waals surface area contributed by atoms with Crippen LogP contribution >= 0.6 is 11.6 Å². The van der Waals surface area contributed by atoms with Crippen LogP contribution in [-0.2, 0) is 6.42 Å². The lowest BCUT2D eigenvalue weighted by atomic mass is 9.94. The van der Waals surface area contributed by atoms with Crippen LogP contribution in [0.5, 0.6) is 0 Å². The van der Waals surface area contributed by atoms with E-state index < -0.39 is 5.38 Å². The van der Waals surface area contributed by atoms with Crippen LogP contribution in [0.1, 0.15) is 38.0 Å². The second kappa shape index (κ2) is 5.49. The summed E-state index contributed by atoms with van der Waals surface area (Å²) < 4.78 is 13.3. The van der Waals surface area contributed by atoms with Gasteiger partial charge in [0.25, 0.3) is 5.91 Å². The van der Waals surface area contributed by atoms with Gasteiger partial charge in [0, 0.05) is 12.1 Å². The zero-order valence-corrected chi connectivity index (χ0v) is 12.4. The highest BCUT2D eigenvalue weighted by Crippen LogP contribution is 2.31. The van der Waals surface area contributed by atoms with Gasteiger partial charge in [-0.05, 0) is 47.7 Å². The average molecular weight is 304 g/mol. The molecule has 1 heterocycles. The van der Waals surface area contributed by atoms with Gasteiger partial charge in [0.05, 0.1) is 5.38 Å². The first-order chi connectivity index (χ1) is 10.1. The van der Waals surface area contributed by atoms with Crippen molar-refractivity contribution < 1.29 is 9.18 Å². The van der Waals surface area contributed by atoms with E-state index in [1.807, 2.05) is 18.2 Å². The Bertz CT molecular complexity index is 714. The van der Waals surface area contributed by atoms with E-state index in [-0.39, 0.29) is 11.7 Å². The van der Waals surface area contributed by atoms with E-state index in [4.69, 9.17) is 11.6 Å². The summed E-state index contributed by atoms with van der Waals surface area (Å²) in [5, 5.41) is 2.43. The lowest BCUT2D eigenvalue weighted by molar-refractivity contribution is 0.0946. The highest BCUT2D eigenvalue weighted by atomic mass is 35.5. The quantitative estimate of drug-likeness (QED) is 0.841. The van der Waals surface area contributed by atoms with Gasteiger partial charge in [-0.2, -0.15) is 0 Å². The predicted octanol–water partition coefficient (Wildman–Crippen LogP) is 3.75. The van der Waals surface area contributed by atoms with Gasteiger partial charge < -0.3 is 5.32 Å². The van der Waals surface area contributed by atoms with Crippen molar-refractivity contribution in [2.45, 2.75) is 18.7 Å². The number of benzene rings is 2. The van der Waals surface area contributed by atoms with Crippen LogP contribution in [-0.4, -0.2) is 12.5 Å². The van der Waals surface area contributed by atoms with Crippen molar-refractivity contribution in [1.29, 1.82) is 0 Å². The first kappa shape index (κ1) is 14.1. The summed E-state index contributed by atoms with van der Waals surface area (Å²) in [5.41, 5.74) is 3.96. The second-order valence-corrected chi connectivity index (χ2v) is 5.73. The number of carbonyl (C=O) groups is 1. The Labute approximate surface area is 127 Å². The number of aryl methyl sites for hydroxylation is 1. The summed E-state index contributed by atoms with van der Waals surface area (Å²) in [6.07, 6.45) is 0.837. The van der Waals surface area contributed by atoms with Gasteiger partial charge in [0.15, 0.2) is 0 Å². The molecule has 1 amide bonds. The fourth-order valence-corrected chi connectivity index (χ4v) is 2.88. The summed E-state index contributed by atoms with van der Waals surface area (Å²) in [6, 6.07) is 10.6. The van der Waals surface area contributed by atoms with Crippen molar-refractivity contribution in [3.05, 3.63) is 70.0 Å². The van der Waals surface area contributed by atoms with Gasteiger partial charge >= 0.3 is 0 Å². The minimum atomic E-state index is -0.399. The van der Waals surface area contributed by atoms with Gasteiger partial charge in [0.2, 0.25) is 0 Å². The molecular weight excluding hydrogens is 289 g/mol. The van der Waals surface area contributed by atoms with Crippen molar-refractivity contribution in [3.63, 3.8) is 0 Å². The smallest absolute Gasteiger partial charge is 0.251 e. The molecule has 1 aliphatic rings. The maximum Gasteiger partial charge on any atom is 0.251 e. The molecule has 21 heavy (non-hydrogen) atoms. The summed E-state index contributed by atoms with van der Waals surface area (Å²) in [5.74, 6) is -0.301. The topological polar surface area (TPSA) is 29.1 Å². The molecule has 4 heteroatoms. The molecule has 0 bridgehead atoms. The minimum absolute atomic E-state index is 0.0581. The fourth-order valence-electron chi connectivity index (χ4n) is 2.61. The summed E-state index contributed by atoms with van der Waals surface area (Å²) in [6.45, 7) is 2.38. The van der Waals surface area contributed by atoms with Gasteiger partial charge in [-0.25, -0.2) is 4.39 Å². The van der Waals surface area contributed by atoms with Crippen LogP contribution in [0.4, 0.5) is 4.39 Å². The number of alkyl halides is 1. The summed E-state index contributed by atoms with van der Waals surface area (Å²) in [7, 11) is 0. The first-order valence-corrected chi connectivity index (χ1v) is 7.31. The number of rotatable bonds is 2. The van der Waals surface area contributed by atoms with Crippen molar-refractivity contribution in [1.82, 2.24) is 5.32 Å². The van der Waals surface area contributed by atoms with Crippen LogP contribution in [0.2, 0.25) is 0 Å². The third kappa shape index (κ3) is 2.66. The Hall–Kier alpha value is -1.87. The highest BCUT2D eigenvalue weighted by Gasteiger charge is 2.19. The molecule has 1 atom stereocenters. The summed E-state index contributed by atoms with van der Waals surface area (Å²) >= 11 is 6.49. The predicted molar refractivity (Wildman–Crippen MR) is 81.3 cm³/mol. The van der Waals surface area contributed by atoms with E-state index in [0.717, 1.165) is 23.1 Å². The van der Waals surface area contributed by atoms with E-state index in [0.29, 0.717) is 17.7 Å². The van der Waals surface area contributed by atoms with Crippen LogP contribution in [0.15, 0.2) is 36.4 Å². The Balaban J connectivity index is 1.98. The van der Waals surface area contributed by atoms with Crippen LogP contribution in [0.25, 0.3) is 0 Å². The number of halogens is 2. The highest BCUT2D eigenvalue weighted by molar-refractivity contribution is 6.22. The number of nitrogens with one attached hydrogen (secondary N) is 1. The van der Waals surface area contributed by atoms with Crippen LogP contribution in [0.3, 0.4) is 0 Å². The molecule has 1 aliphatic heterocycles. The van der Waals surface area contributed by atoms with E-state index in [1.165, 1.54) is 6.07 Å². The molecule has 108 valence electrons. The van der Waals surface area contributed by atoms with Crippen molar-refractivity contribution in [2.24, 2.45) is 0 Å². The second-order valence-electron chi connectivity index (χ2n) is 5.29. The largest absolute Gasteiger partial charge is 0.352 e. The molecule has 0 fully saturated rings. The standard InChI is InChI=1S/C17H15ClFNO/c1-10-8-12(4-5-15(10)19)16(18)13-3-2-11-6-7-20-17(21)14(11)9-13/h2-5,8-9,16H,6-7H2,1H3,(H,20,21). The Morgan fingerprint density at radius 3 is 2.67 bits per heavy atom. The van der Waals surface area contributed by atoms with E-state index >= 15 is 0 Å². The third-order valence-electron chi connectivity index (χ3n) is 3.83. The molecule has 0 aromatic heterocycles. The average Bonchev–Trinajstić information content (AvgIpc) is 2.49. The summed E-state index contributed by atoms with van der Waals surface area (Å²) in [4.78, 5) is 11.9. The lowest BCUT2D eigenvalue weighted by Gasteiger charge is -2.19. The molecule has 0 saturated carbocycles. The van der Waals surface area contributed by atoms with Gasteiger partial charge in [-0.15, -0.1) is 11.6 Å². The fraction of sp³-hybridized carbons (Fsp3) is 0.235. The normalized spacial score (nSPS) is 15.3. The Morgan fingerprint density at radius 2 is 1.90 bits per heavy atom. The Morgan fingerprint density at radius 1 is 1.19 bits per heavy atom. The maximum absolute atomic E-state index is 13.3. The molecule has 0 aliphatic carbocycles. The SMILES string of the molecule is Cc1cc(C(Cl)c2ccc3c(c2)C(=O)NCC3)ccc1F. The monoisotopic (exact) mass is 303 g/mol. The van der Waals surface area contributed by atoms with Crippen molar-refractivity contribution >= 4 is 17.5 Å². The molecule has 1 unspecified atom stereocenters. The van der Waals surface area contributed by atoms with Crippen LogP contribution in [0, 0.1) is 12.7 Å². The molecule has 0 spiro atoms. The molecule has 2 aromatic carbocycles. The lowest BCUT2D eigenvalue weighted by Crippen LogP contribution is -2.31. The van der Waals surface area contributed by atoms with Gasteiger partial charge in [-0.3, -0.25) is 4.79 Å². The van der Waals surface area contributed by atoms with Crippen LogP contribution < -0.4 is 5.32 Å². The molecule has 0 radical (unpaired) electrons. The van der Waals surface area contributed by atoms with E-state index in [2.05, 4.69) is 5.32 Å². The molecule has 3 rings (SSSR count). The molecular formula is C17H15ClFNO. The van der Waals surface area contributed by atoms with Gasteiger partial charge in [-0.1, -0.05) is 24.3 Å². The number of fused-ring (bicyclic) bond motifs is 1. The van der Waals surface area contributed by atoms with E-state index in [1.54, 1.807) is 19.1 Å². The number of carbonyl (C=O) groups excluding carboxylic acids is 1. The number of hydrogen-bond donors (Lipinski definition) is 1. The maximum atomic E-state index is 13.3. The third-order valence-corrected chi connectivity index (χ3v) is 4.33. The zero-order chi connectivity index (χ0) is 15.0. The van der Waals surface area contributed by atoms with Crippen molar-refractivity contribution in [3.8, 4) is 0 Å². The molecule has 0 saturated heterocycles. The van der Waals surface area contributed by atoms with Gasteiger partial charge in [0.1, 0.15) is 5.82 Å².